The molecule has 0 radical (unpaired) electrons. The van der Waals surface area contributed by atoms with Crippen LogP contribution < -0.4 is 0 Å². The van der Waals surface area contributed by atoms with Crippen molar-refractivity contribution in [3.05, 3.63) is 29.8 Å². The molecule has 3 aliphatic rings. The number of phenolic OH excluding ortho intramolecular Hbond substituents is 1. The molecule has 2 aliphatic heterocycles. The molecule has 0 unspecified atom stereocenters. The van der Waals surface area contributed by atoms with Gasteiger partial charge in [-0.1, -0.05) is 12.1 Å². The molecule has 1 aromatic carbocycles. The summed E-state index contributed by atoms with van der Waals surface area (Å²) in [4.78, 5) is 29.0. The van der Waals surface area contributed by atoms with E-state index in [1.807, 2.05) is 21.9 Å². The average Bonchev–Trinajstić information content (AvgIpc) is 3.53. The first kappa shape index (κ1) is 17.4. The van der Waals surface area contributed by atoms with Crippen molar-refractivity contribution in [3.63, 3.8) is 0 Å². The van der Waals surface area contributed by atoms with E-state index in [2.05, 4.69) is 0 Å². The molecule has 1 N–H and O–H groups in total. The summed E-state index contributed by atoms with van der Waals surface area (Å²) in [5.41, 5.74) is 1.25. The van der Waals surface area contributed by atoms with Crippen molar-refractivity contribution in [3.8, 4) is 5.75 Å². The van der Waals surface area contributed by atoms with Crippen molar-refractivity contribution in [1.29, 1.82) is 0 Å². The predicted molar refractivity (Wildman–Crippen MR) is 98.7 cm³/mol. The number of hydrogen-bond donors (Lipinski definition) is 1. The molecule has 0 aromatic heterocycles. The Morgan fingerprint density at radius 2 is 1.19 bits per heavy atom. The summed E-state index contributed by atoms with van der Waals surface area (Å²) >= 11 is 0. The van der Waals surface area contributed by atoms with E-state index in [1.54, 1.807) is 12.1 Å². The molecule has 1 aliphatic carbocycles. The molecule has 0 atom stereocenters. The van der Waals surface area contributed by atoms with Gasteiger partial charge in [0.2, 0.25) is 11.8 Å². The highest BCUT2D eigenvalue weighted by molar-refractivity contribution is 5.82. The Bertz CT molecular complexity index is 652. The lowest BCUT2D eigenvalue weighted by Gasteiger charge is -2.37. The van der Waals surface area contributed by atoms with Gasteiger partial charge in [0.15, 0.2) is 0 Å². The number of likely N-dealkylation sites (tertiary alicyclic amines) is 2. The molecule has 1 saturated carbocycles. The number of hydrogen-bond acceptors (Lipinski definition) is 3. The molecule has 140 valence electrons. The molecule has 26 heavy (non-hydrogen) atoms. The zero-order valence-electron chi connectivity index (χ0n) is 15.3. The van der Waals surface area contributed by atoms with Crippen LogP contribution in [0.25, 0.3) is 0 Å². The Labute approximate surface area is 155 Å². The van der Waals surface area contributed by atoms with E-state index < -0.39 is 0 Å². The van der Waals surface area contributed by atoms with E-state index in [0.717, 1.165) is 64.7 Å². The van der Waals surface area contributed by atoms with Crippen LogP contribution in [-0.4, -0.2) is 52.9 Å². The van der Waals surface area contributed by atoms with Crippen LogP contribution in [0.15, 0.2) is 24.3 Å². The monoisotopic (exact) mass is 356 g/mol. The Balaban J connectivity index is 1.26. The van der Waals surface area contributed by atoms with E-state index in [4.69, 9.17) is 0 Å². The third kappa shape index (κ3) is 3.71. The molecule has 5 nitrogen and oxygen atoms in total. The van der Waals surface area contributed by atoms with E-state index >= 15 is 0 Å². The van der Waals surface area contributed by atoms with Gasteiger partial charge in [0.05, 0.1) is 0 Å². The number of aromatic hydroxyl groups is 1. The summed E-state index contributed by atoms with van der Waals surface area (Å²) in [5.74, 6) is 1.73. The van der Waals surface area contributed by atoms with Crippen molar-refractivity contribution in [1.82, 2.24) is 9.80 Å². The lowest BCUT2D eigenvalue weighted by molar-refractivity contribution is -0.142. The Morgan fingerprint density at radius 3 is 1.69 bits per heavy atom. The predicted octanol–water partition coefficient (Wildman–Crippen LogP) is 2.75. The second kappa shape index (κ2) is 7.29. The van der Waals surface area contributed by atoms with Crippen molar-refractivity contribution in [2.45, 2.75) is 44.4 Å². The summed E-state index contributed by atoms with van der Waals surface area (Å²) in [5, 5.41) is 9.42. The topological polar surface area (TPSA) is 60.9 Å². The lowest BCUT2D eigenvalue weighted by Crippen LogP contribution is -2.46. The van der Waals surface area contributed by atoms with Crippen LogP contribution in [-0.2, 0) is 9.59 Å². The molecule has 2 amide bonds. The van der Waals surface area contributed by atoms with Gasteiger partial charge in [0.1, 0.15) is 5.75 Å². The normalized spacial score (nSPS) is 22.5. The van der Waals surface area contributed by atoms with E-state index in [-0.39, 0.29) is 17.7 Å². The van der Waals surface area contributed by atoms with Gasteiger partial charge in [0.25, 0.3) is 0 Å². The fraction of sp³-hybridized carbons (Fsp3) is 0.619. The van der Waals surface area contributed by atoms with Crippen LogP contribution in [0.5, 0.6) is 5.75 Å². The summed E-state index contributed by atoms with van der Waals surface area (Å²) in [6.45, 7) is 3.11. The van der Waals surface area contributed by atoms with Crippen molar-refractivity contribution < 1.29 is 14.7 Å². The third-order valence-electron chi connectivity index (χ3n) is 6.25. The van der Waals surface area contributed by atoms with Gasteiger partial charge in [0, 0.05) is 38.0 Å². The molecule has 2 saturated heterocycles. The number of piperidine rings is 2. The highest BCUT2D eigenvalue weighted by Gasteiger charge is 2.37. The third-order valence-corrected chi connectivity index (χ3v) is 6.25. The number of nitrogens with zero attached hydrogens (tertiary/aromatic N) is 2. The first-order chi connectivity index (χ1) is 12.6. The maximum absolute atomic E-state index is 12.9. The van der Waals surface area contributed by atoms with Gasteiger partial charge < -0.3 is 14.9 Å². The van der Waals surface area contributed by atoms with Gasteiger partial charge in [-0.05, 0) is 62.1 Å². The first-order valence-corrected chi connectivity index (χ1v) is 9.98. The number of phenols is 1. The summed E-state index contributed by atoms with van der Waals surface area (Å²) in [6, 6.07) is 7.46. The van der Waals surface area contributed by atoms with Crippen LogP contribution in [0.3, 0.4) is 0 Å². The molecular formula is C21H28N2O3. The molecule has 1 aromatic rings. The standard InChI is InChI=1S/C21H28N2O3/c24-19-5-3-15(4-6-19)16-7-11-22(12-8-16)21(26)18-9-13-23(14-10-18)20(25)17-1-2-17/h3-6,16-18,24H,1-2,7-14H2. The maximum atomic E-state index is 12.9. The number of rotatable bonds is 3. The summed E-state index contributed by atoms with van der Waals surface area (Å²) in [6.07, 6.45) is 5.69. The highest BCUT2D eigenvalue weighted by atomic mass is 16.3. The van der Waals surface area contributed by atoms with Gasteiger partial charge in [-0.2, -0.15) is 0 Å². The molecule has 0 spiro atoms. The fourth-order valence-corrected chi connectivity index (χ4v) is 4.37. The van der Waals surface area contributed by atoms with Crippen LogP contribution >= 0.6 is 0 Å². The Kier molecular flexibility index (Phi) is 4.88. The highest BCUT2D eigenvalue weighted by Crippen LogP contribution is 2.33. The lowest BCUT2D eigenvalue weighted by atomic mass is 9.88. The van der Waals surface area contributed by atoms with Crippen molar-refractivity contribution >= 4 is 11.8 Å². The van der Waals surface area contributed by atoms with Crippen LogP contribution in [0, 0.1) is 11.8 Å². The van der Waals surface area contributed by atoms with Crippen LogP contribution in [0.2, 0.25) is 0 Å². The minimum absolute atomic E-state index is 0.0866. The number of benzene rings is 1. The van der Waals surface area contributed by atoms with Gasteiger partial charge >= 0.3 is 0 Å². The van der Waals surface area contributed by atoms with Crippen molar-refractivity contribution in [2.75, 3.05) is 26.2 Å². The number of carbonyl (C=O) groups excluding carboxylic acids is 2. The second-order valence-corrected chi connectivity index (χ2v) is 8.06. The minimum atomic E-state index is 0.0866. The van der Waals surface area contributed by atoms with Gasteiger partial charge in [-0.3, -0.25) is 9.59 Å². The SMILES string of the molecule is O=C(C1CC1)N1CCC(C(=O)N2CCC(c3ccc(O)cc3)CC2)CC1. The van der Waals surface area contributed by atoms with E-state index in [9.17, 15) is 14.7 Å². The molecule has 3 fully saturated rings. The summed E-state index contributed by atoms with van der Waals surface area (Å²) < 4.78 is 0. The van der Waals surface area contributed by atoms with E-state index in [0.29, 0.717) is 17.6 Å². The molecule has 2 heterocycles. The Morgan fingerprint density at radius 1 is 0.731 bits per heavy atom. The van der Waals surface area contributed by atoms with E-state index in [1.165, 1.54) is 5.56 Å². The van der Waals surface area contributed by atoms with Crippen molar-refractivity contribution in [2.24, 2.45) is 11.8 Å². The first-order valence-electron chi connectivity index (χ1n) is 9.98. The smallest absolute Gasteiger partial charge is 0.225 e. The Hall–Kier alpha value is -2.04. The summed E-state index contributed by atoms with van der Waals surface area (Å²) in [7, 11) is 0. The zero-order valence-corrected chi connectivity index (χ0v) is 15.3. The molecule has 5 heteroatoms. The fourth-order valence-electron chi connectivity index (χ4n) is 4.37. The van der Waals surface area contributed by atoms with Gasteiger partial charge in [-0.15, -0.1) is 0 Å². The number of carbonyl (C=O) groups is 2. The van der Waals surface area contributed by atoms with Crippen LogP contribution in [0.1, 0.15) is 50.0 Å². The molecular weight excluding hydrogens is 328 g/mol. The number of amides is 2. The minimum Gasteiger partial charge on any atom is -0.508 e. The van der Waals surface area contributed by atoms with Crippen LogP contribution in [0.4, 0.5) is 0 Å². The average molecular weight is 356 g/mol. The quantitative estimate of drug-likeness (QED) is 0.906. The maximum Gasteiger partial charge on any atom is 0.225 e. The second-order valence-electron chi connectivity index (χ2n) is 8.06. The molecule has 0 bridgehead atoms. The largest absolute Gasteiger partial charge is 0.508 e. The van der Waals surface area contributed by atoms with Gasteiger partial charge in [-0.25, -0.2) is 0 Å². The zero-order chi connectivity index (χ0) is 18.1. The molecule has 4 rings (SSSR count).